The predicted octanol–water partition coefficient (Wildman–Crippen LogP) is 1.10. The number of nitro groups is 1. The van der Waals surface area contributed by atoms with Crippen LogP contribution in [0.2, 0.25) is 0 Å². The molecule has 0 aliphatic rings. The van der Waals surface area contributed by atoms with Crippen LogP contribution in [0.1, 0.15) is 13.8 Å². The average molecular weight is 286 g/mol. The summed E-state index contributed by atoms with van der Waals surface area (Å²) < 4.78 is 25.8. The molecule has 0 aromatic heterocycles. The summed E-state index contributed by atoms with van der Waals surface area (Å²) in [5.41, 5.74) is -0.321. The molecule has 19 heavy (non-hydrogen) atoms. The fourth-order valence-electron chi connectivity index (χ4n) is 1.22. The van der Waals surface area contributed by atoms with E-state index in [1.807, 2.05) is 0 Å². The van der Waals surface area contributed by atoms with Gasteiger partial charge >= 0.3 is 0 Å². The van der Waals surface area contributed by atoms with E-state index >= 15 is 0 Å². The van der Waals surface area contributed by atoms with Gasteiger partial charge in [-0.2, -0.15) is 0 Å². The van der Waals surface area contributed by atoms with Crippen LogP contribution >= 0.6 is 0 Å². The van der Waals surface area contributed by atoms with Gasteiger partial charge in [-0.15, -0.1) is 0 Å². The highest BCUT2D eigenvalue weighted by molar-refractivity contribution is 7.89. The molecule has 0 saturated carbocycles. The quantitative estimate of drug-likeness (QED) is 0.622. The maximum atomic E-state index is 11.8. The van der Waals surface area contributed by atoms with Gasteiger partial charge in [0.2, 0.25) is 10.0 Å². The van der Waals surface area contributed by atoms with Crippen molar-refractivity contribution in [2.45, 2.75) is 18.7 Å². The van der Waals surface area contributed by atoms with Crippen LogP contribution in [0, 0.1) is 16.0 Å². The normalized spacial score (nSPS) is 11.5. The molecule has 0 fully saturated rings. The summed E-state index contributed by atoms with van der Waals surface area (Å²) in [6.07, 6.45) is 0. The van der Waals surface area contributed by atoms with Crippen LogP contribution in [-0.4, -0.2) is 25.7 Å². The predicted molar refractivity (Wildman–Crippen MR) is 68.1 cm³/mol. The first-order chi connectivity index (χ1) is 8.74. The summed E-state index contributed by atoms with van der Waals surface area (Å²) >= 11 is 0. The molecule has 1 N–H and O–H groups in total. The van der Waals surface area contributed by atoms with Gasteiger partial charge in [0.15, 0.2) is 0 Å². The Bertz CT molecular complexity index is 595. The third-order valence-corrected chi connectivity index (χ3v) is 3.82. The molecule has 1 rings (SSSR count). The Morgan fingerprint density at radius 3 is 2.58 bits per heavy atom. The lowest BCUT2D eigenvalue weighted by Crippen LogP contribution is -2.31. The van der Waals surface area contributed by atoms with E-state index in [0.717, 1.165) is 6.07 Å². The summed E-state index contributed by atoms with van der Waals surface area (Å²) in [7, 11) is -3.92. The van der Waals surface area contributed by atoms with Crippen molar-refractivity contribution in [1.29, 1.82) is 0 Å². The number of nitrogens with zero attached hydrogens (tertiary/aromatic N) is 1. The largest absolute Gasteiger partial charge is 0.298 e. The van der Waals surface area contributed by atoms with Crippen molar-refractivity contribution in [1.82, 2.24) is 4.72 Å². The monoisotopic (exact) mass is 286 g/mol. The van der Waals surface area contributed by atoms with Crippen molar-refractivity contribution in [2.75, 3.05) is 6.54 Å². The Balaban J connectivity index is 2.92. The Kier molecular flexibility index (Phi) is 4.73. The molecule has 0 aliphatic carbocycles. The molecule has 8 heteroatoms. The molecule has 1 aromatic rings. The first-order valence-corrected chi connectivity index (χ1v) is 6.99. The average Bonchev–Trinajstić information content (AvgIpc) is 2.36. The molecule has 104 valence electrons. The van der Waals surface area contributed by atoms with Crippen LogP contribution in [0.5, 0.6) is 0 Å². The minimum atomic E-state index is -3.92. The van der Waals surface area contributed by atoms with Gasteiger partial charge in [-0.3, -0.25) is 14.9 Å². The maximum Gasteiger partial charge on any atom is 0.270 e. The van der Waals surface area contributed by atoms with Gasteiger partial charge < -0.3 is 0 Å². The fraction of sp³-hybridized carbons (Fsp3) is 0.364. The number of ketones is 1. The molecule has 7 nitrogen and oxygen atoms in total. The highest BCUT2D eigenvalue weighted by Crippen LogP contribution is 2.16. The van der Waals surface area contributed by atoms with Crippen LogP contribution < -0.4 is 4.72 Å². The third kappa shape index (κ3) is 4.11. The number of Topliss-reactive ketones (excluding diaryl/α,β-unsaturated/α-hetero) is 1. The Morgan fingerprint density at radius 1 is 1.42 bits per heavy atom. The van der Waals surface area contributed by atoms with Gasteiger partial charge in [-0.25, -0.2) is 13.1 Å². The van der Waals surface area contributed by atoms with Gasteiger partial charge in [0.25, 0.3) is 5.69 Å². The van der Waals surface area contributed by atoms with E-state index in [2.05, 4.69) is 4.72 Å². The lowest BCUT2D eigenvalue weighted by molar-refractivity contribution is -0.385. The second-order valence-corrected chi connectivity index (χ2v) is 5.97. The maximum absolute atomic E-state index is 11.8. The number of nitrogens with one attached hydrogen (secondary N) is 1. The van der Waals surface area contributed by atoms with Crippen LogP contribution in [-0.2, 0) is 14.8 Å². The minimum Gasteiger partial charge on any atom is -0.298 e. The van der Waals surface area contributed by atoms with Crippen molar-refractivity contribution >= 4 is 21.5 Å². The molecule has 1 aromatic carbocycles. The van der Waals surface area contributed by atoms with Crippen LogP contribution in [0.15, 0.2) is 29.2 Å². The third-order valence-electron chi connectivity index (χ3n) is 2.42. The highest BCUT2D eigenvalue weighted by Gasteiger charge is 2.19. The first-order valence-electron chi connectivity index (χ1n) is 5.51. The minimum absolute atomic E-state index is 0.238. The number of carbonyl (C=O) groups is 1. The van der Waals surface area contributed by atoms with Crippen molar-refractivity contribution in [2.24, 2.45) is 5.92 Å². The van der Waals surface area contributed by atoms with E-state index in [1.165, 1.54) is 18.2 Å². The fourth-order valence-corrected chi connectivity index (χ4v) is 2.25. The Morgan fingerprint density at radius 2 is 2.05 bits per heavy atom. The molecule has 0 saturated heterocycles. The number of non-ortho nitro benzene ring substituents is 1. The van der Waals surface area contributed by atoms with Gasteiger partial charge in [-0.05, 0) is 6.07 Å². The van der Waals surface area contributed by atoms with Gasteiger partial charge in [0, 0.05) is 18.1 Å². The topological polar surface area (TPSA) is 106 Å². The van der Waals surface area contributed by atoms with Crippen LogP contribution in [0.3, 0.4) is 0 Å². The SMILES string of the molecule is CC(C)C(=O)CNS(=O)(=O)c1cccc([N+](=O)[O-])c1. The zero-order valence-corrected chi connectivity index (χ0v) is 11.3. The van der Waals surface area contributed by atoms with Crippen molar-refractivity contribution in [3.63, 3.8) is 0 Å². The smallest absolute Gasteiger partial charge is 0.270 e. The number of rotatable bonds is 6. The summed E-state index contributed by atoms with van der Waals surface area (Å²) in [5, 5.41) is 10.6. The number of sulfonamides is 1. The lowest BCUT2D eigenvalue weighted by atomic mass is 10.1. The highest BCUT2D eigenvalue weighted by atomic mass is 32.2. The Hall–Kier alpha value is -1.80. The summed E-state index contributed by atoms with van der Waals surface area (Å²) in [6.45, 7) is 2.98. The molecule has 0 atom stereocenters. The number of hydrogen-bond donors (Lipinski definition) is 1. The van der Waals surface area contributed by atoms with E-state index in [4.69, 9.17) is 0 Å². The summed E-state index contributed by atoms with van der Waals surface area (Å²) in [5.74, 6) is -0.540. The number of benzene rings is 1. The number of carbonyl (C=O) groups excluding carboxylic acids is 1. The van der Waals surface area contributed by atoms with Crippen LogP contribution in [0.25, 0.3) is 0 Å². The van der Waals surface area contributed by atoms with E-state index in [9.17, 15) is 23.3 Å². The second kappa shape index (κ2) is 5.89. The number of nitro benzene ring substituents is 1. The molecule has 0 spiro atoms. The lowest BCUT2D eigenvalue weighted by Gasteiger charge is -2.07. The van der Waals surface area contributed by atoms with Crippen molar-refractivity contribution in [3.8, 4) is 0 Å². The van der Waals surface area contributed by atoms with E-state index in [-0.39, 0.29) is 28.8 Å². The molecular formula is C11H14N2O5S. The van der Waals surface area contributed by atoms with Crippen LogP contribution in [0.4, 0.5) is 5.69 Å². The van der Waals surface area contributed by atoms with Gasteiger partial charge in [0.1, 0.15) is 5.78 Å². The summed E-state index contributed by atoms with van der Waals surface area (Å²) in [6, 6.07) is 4.65. The Labute approximate surface area is 110 Å². The molecule has 0 bridgehead atoms. The molecule has 0 unspecified atom stereocenters. The zero-order chi connectivity index (χ0) is 14.6. The first kappa shape index (κ1) is 15.3. The molecule has 0 radical (unpaired) electrons. The standard InChI is InChI=1S/C11H14N2O5S/c1-8(2)11(14)7-12-19(17,18)10-5-3-4-9(6-10)13(15)16/h3-6,8,12H,7H2,1-2H3. The van der Waals surface area contributed by atoms with Crippen molar-refractivity contribution in [3.05, 3.63) is 34.4 Å². The molecule has 0 aliphatic heterocycles. The van der Waals surface area contributed by atoms with Gasteiger partial charge in [-0.1, -0.05) is 19.9 Å². The molecular weight excluding hydrogens is 272 g/mol. The number of hydrogen-bond acceptors (Lipinski definition) is 5. The van der Waals surface area contributed by atoms with E-state index < -0.39 is 14.9 Å². The van der Waals surface area contributed by atoms with Crippen molar-refractivity contribution < 1.29 is 18.1 Å². The van der Waals surface area contributed by atoms with Gasteiger partial charge in [0.05, 0.1) is 16.4 Å². The molecule has 0 heterocycles. The second-order valence-electron chi connectivity index (χ2n) is 4.20. The van der Waals surface area contributed by atoms with E-state index in [0.29, 0.717) is 0 Å². The summed E-state index contributed by atoms with van der Waals surface area (Å²) in [4.78, 5) is 21.0. The van der Waals surface area contributed by atoms with E-state index in [1.54, 1.807) is 13.8 Å². The molecule has 0 amide bonds. The zero-order valence-electron chi connectivity index (χ0n) is 10.5.